The van der Waals surface area contributed by atoms with Gasteiger partial charge in [-0.15, -0.1) is 11.3 Å². The van der Waals surface area contributed by atoms with Crippen LogP contribution < -0.4 is 10.6 Å². The Morgan fingerprint density at radius 2 is 2.25 bits per heavy atom. The molecule has 1 aromatic heterocycles. The van der Waals surface area contributed by atoms with Crippen LogP contribution in [0.5, 0.6) is 0 Å². The van der Waals surface area contributed by atoms with Crippen LogP contribution in [0.1, 0.15) is 28.3 Å². The molecule has 2 amide bonds. The monoisotopic (exact) mass is 299 g/mol. The van der Waals surface area contributed by atoms with Crippen LogP contribution in [0.2, 0.25) is 0 Å². The summed E-state index contributed by atoms with van der Waals surface area (Å²) >= 11 is 1.20. The van der Waals surface area contributed by atoms with Crippen LogP contribution in [0.4, 0.5) is 4.79 Å². The third-order valence-corrected chi connectivity index (χ3v) is 3.60. The van der Waals surface area contributed by atoms with Gasteiger partial charge in [0.25, 0.3) is 0 Å². The average molecular weight is 299 g/mol. The van der Waals surface area contributed by atoms with Crippen LogP contribution >= 0.6 is 11.3 Å². The van der Waals surface area contributed by atoms with Crippen molar-refractivity contribution in [2.45, 2.75) is 19.4 Å². The molecule has 20 heavy (non-hydrogen) atoms. The zero-order valence-electron chi connectivity index (χ0n) is 10.9. The van der Waals surface area contributed by atoms with Crippen LogP contribution in [0.15, 0.2) is 5.38 Å². The number of nitrogens with one attached hydrogen (secondary N) is 2. The number of hydrogen-bond acceptors (Lipinski definition) is 5. The molecule has 1 aromatic rings. The number of rotatable bonds is 8. The van der Waals surface area contributed by atoms with E-state index in [0.29, 0.717) is 18.2 Å². The number of hydrogen-bond donors (Lipinski definition) is 3. The molecule has 0 spiro atoms. The van der Waals surface area contributed by atoms with E-state index in [9.17, 15) is 9.59 Å². The van der Waals surface area contributed by atoms with Gasteiger partial charge in [-0.2, -0.15) is 0 Å². The molecule has 0 atom stereocenters. The number of carbonyl (C=O) groups excluding carboxylic acids is 1. The van der Waals surface area contributed by atoms with Crippen molar-refractivity contribution in [2.24, 2.45) is 5.92 Å². The first-order valence-corrected chi connectivity index (χ1v) is 7.30. The molecular formula is C12H17N3O4S. The normalized spacial score (nSPS) is 14.0. The summed E-state index contributed by atoms with van der Waals surface area (Å²) in [7, 11) is 0. The average Bonchev–Trinajstić information content (AvgIpc) is 3.11. The Bertz CT molecular complexity index is 473. The SMILES string of the molecule is O=C(NCCOCC1CC1)NCc1nc(C(=O)O)cs1. The van der Waals surface area contributed by atoms with Gasteiger partial charge in [-0.1, -0.05) is 0 Å². The molecule has 7 nitrogen and oxygen atoms in total. The van der Waals surface area contributed by atoms with Crippen molar-refractivity contribution in [3.8, 4) is 0 Å². The standard InChI is InChI=1S/C12H17N3O4S/c16-11(17)9-7-20-10(15-9)5-14-12(18)13-3-4-19-6-8-1-2-8/h7-8H,1-6H2,(H,16,17)(H2,13,14,18). The molecule has 1 fully saturated rings. The summed E-state index contributed by atoms with van der Waals surface area (Å²) in [4.78, 5) is 26.0. The Morgan fingerprint density at radius 3 is 2.90 bits per heavy atom. The fourth-order valence-electron chi connectivity index (χ4n) is 1.48. The molecule has 0 bridgehead atoms. The molecule has 0 saturated heterocycles. The minimum absolute atomic E-state index is 0.000633. The number of carbonyl (C=O) groups is 2. The highest BCUT2D eigenvalue weighted by molar-refractivity contribution is 7.09. The van der Waals surface area contributed by atoms with E-state index in [2.05, 4.69) is 15.6 Å². The molecule has 1 saturated carbocycles. The van der Waals surface area contributed by atoms with Crippen molar-refractivity contribution in [1.29, 1.82) is 0 Å². The summed E-state index contributed by atoms with van der Waals surface area (Å²) in [6, 6.07) is -0.313. The van der Waals surface area contributed by atoms with Crippen LogP contribution in [0, 0.1) is 5.92 Å². The van der Waals surface area contributed by atoms with Gasteiger partial charge < -0.3 is 20.5 Å². The molecule has 1 heterocycles. The second-order valence-corrected chi connectivity index (χ2v) is 5.50. The van der Waals surface area contributed by atoms with Crippen molar-refractivity contribution < 1.29 is 19.4 Å². The number of carboxylic acid groups (broad SMARTS) is 1. The fourth-order valence-corrected chi connectivity index (χ4v) is 2.19. The maximum absolute atomic E-state index is 11.4. The molecule has 0 aromatic carbocycles. The van der Waals surface area contributed by atoms with Crippen molar-refractivity contribution in [2.75, 3.05) is 19.8 Å². The minimum atomic E-state index is -1.07. The van der Waals surface area contributed by atoms with Gasteiger partial charge in [-0.3, -0.25) is 0 Å². The molecule has 3 N–H and O–H groups in total. The molecule has 0 radical (unpaired) electrons. The number of ether oxygens (including phenoxy) is 1. The van der Waals surface area contributed by atoms with Gasteiger partial charge in [0.05, 0.1) is 13.2 Å². The van der Waals surface area contributed by atoms with Gasteiger partial charge in [0.2, 0.25) is 0 Å². The lowest BCUT2D eigenvalue weighted by Gasteiger charge is -2.06. The van der Waals surface area contributed by atoms with E-state index < -0.39 is 5.97 Å². The van der Waals surface area contributed by atoms with Crippen LogP contribution in [0.3, 0.4) is 0 Å². The lowest BCUT2D eigenvalue weighted by Crippen LogP contribution is -2.37. The molecule has 110 valence electrons. The van der Waals surface area contributed by atoms with Gasteiger partial charge in [0, 0.05) is 18.5 Å². The topological polar surface area (TPSA) is 101 Å². The molecular weight excluding hydrogens is 282 g/mol. The first-order chi connectivity index (χ1) is 9.65. The Morgan fingerprint density at radius 1 is 1.45 bits per heavy atom. The van der Waals surface area contributed by atoms with Crippen molar-refractivity contribution in [3.05, 3.63) is 16.1 Å². The summed E-state index contributed by atoms with van der Waals surface area (Å²) in [5, 5.41) is 16.0. The van der Waals surface area contributed by atoms with Crippen molar-refractivity contribution >= 4 is 23.3 Å². The van der Waals surface area contributed by atoms with Crippen molar-refractivity contribution in [1.82, 2.24) is 15.6 Å². The van der Waals surface area contributed by atoms with E-state index in [1.54, 1.807) is 0 Å². The lowest BCUT2D eigenvalue weighted by atomic mass is 10.5. The Labute approximate surface area is 120 Å². The first kappa shape index (κ1) is 14.7. The highest BCUT2D eigenvalue weighted by Crippen LogP contribution is 2.28. The summed E-state index contributed by atoms with van der Waals surface area (Å²) in [6.07, 6.45) is 2.50. The van der Waals surface area contributed by atoms with E-state index in [4.69, 9.17) is 9.84 Å². The largest absolute Gasteiger partial charge is 0.476 e. The molecule has 0 aliphatic heterocycles. The van der Waals surface area contributed by atoms with E-state index in [0.717, 1.165) is 12.5 Å². The van der Waals surface area contributed by atoms with Gasteiger partial charge in [0.1, 0.15) is 5.01 Å². The van der Waals surface area contributed by atoms with E-state index in [-0.39, 0.29) is 18.3 Å². The van der Waals surface area contributed by atoms with Crippen LogP contribution in [-0.2, 0) is 11.3 Å². The number of thiazole rings is 1. The maximum Gasteiger partial charge on any atom is 0.355 e. The number of amides is 2. The number of carboxylic acids is 1. The Balaban J connectivity index is 1.55. The van der Waals surface area contributed by atoms with Gasteiger partial charge >= 0.3 is 12.0 Å². The summed E-state index contributed by atoms with van der Waals surface area (Å²) in [5.41, 5.74) is 0.000633. The first-order valence-electron chi connectivity index (χ1n) is 6.42. The number of aromatic nitrogens is 1. The highest BCUT2D eigenvalue weighted by atomic mass is 32.1. The van der Waals surface area contributed by atoms with E-state index in [1.807, 2.05) is 0 Å². The predicted molar refractivity (Wildman–Crippen MR) is 72.9 cm³/mol. The number of urea groups is 1. The number of aromatic carboxylic acids is 1. The molecule has 1 aliphatic carbocycles. The quantitative estimate of drug-likeness (QED) is 0.623. The van der Waals surface area contributed by atoms with Gasteiger partial charge in [-0.25, -0.2) is 14.6 Å². The molecule has 8 heteroatoms. The Hall–Kier alpha value is -1.67. The lowest BCUT2D eigenvalue weighted by molar-refractivity contribution is 0.0691. The fraction of sp³-hybridized carbons (Fsp3) is 0.583. The minimum Gasteiger partial charge on any atom is -0.476 e. The zero-order chi connectivity index (χ0) is 14.4. The smallest absolute Gasteiger partial charge is 0.355 e. The van der Waals surface area contributed by atoms with Crippen molar-refractivity contribution in [3.63, 3.8) is 0 Å². The van der Waals surface area contributed by atoms with E-state index in [1.165, 1.54) is 29.6 Å². The Kier molecular flexibility index (Phi) is 5.31. The highest BCUT2D eigenvalue weighted by Gasteiger charge is 2.20. The second-order valence-electron chi connectivity index (χ2n) is 4.56. The summed E-state index contributed by atoms with van der Waals surface area (Å²) in [6.45, 7) is 1.95. The van der Waals surface area contributed by atoms with Gasteiger partial charge in [0.15, 0.2) is 5.69 Å². The summed E-state index contributed by atoms with van der Waals surface area (Å²) < 4.78 is 5.38. The summed E-state index contributed by atoms with van der Waals surface area (Å²) in [5.74, 6) is -0.345. The predicted octanol–water partition coefficient (Wildman–Crippen LogP) is 1.07. The maximum atomic E-state index is 11.4. The number of nitrogens with zero attached hydrogens (tertiary/aromatic N) is 1. The third-order valence-electron chi connectivity index (χ3n) is 2.75. The zero-order valence-corrected chi connectivity index (χ0v) is 11.7. The van der Waals surface area contributed by atoms with Crippen LogP contribution in [-0.4, -0.2) is 41.8 Å². The van der Waals surface area contributed by atoms with E-state index >= 15 is 0 Å². The van der Waals surface area contributed by atoms with Gasteiger partial charge in [-0.05, 0) is 18.8 Å². The molecule has 2 rings (SSSR count). The molecule has 1 aliphatic rings. The van der Waals surface area contributed by atoms with Crippen LogP contribution in [0.25, 0.3) is 0 Å². The second kappa shape index (κ2) is 7.20. The molecule has 0 unspecified atom stereocenters. The third kappa shape index (κ3) is 5.14.